The van der Waals surface area contributed by atoms with E-state index in [9.17, 15) is 5.11 Å². The third-order valence-electron chi connectivity index (χ3n) is 2.45. The van der Waals surface area contributed by atoms with Gasteiger partial charge >= 0.3 is 0 Å². The summed E-state index contributed by atoms with van der Waals surface area (Å²) < 4.78 is 0. The lowest BCUT2D eigenvalue weighted by atomic mass is 10.0. The van der Waals surface area contributed by atoms with Gasteiger partial charge in [-0.25, -0.2) is 4.98 Å². The van der Waals surface area contributed by atoms with Gasteiger partial charge in [-0.05, 0) is 13.3 Å². The van der Waals surface area contributed by atoms with E-state index in [1.165, 1.54) is 0 Å². The molecule has 0 aliphatic heterocycles. The van der Waals surface area contributed by atoms with Crippen molar-refractivity contribution in [1.82, 2.24) is 9.97 Å². The first kappa shape index (κ1) is 11.7. The Bertz CT molecular complexity index is 312. The fraction of sp³-hybridized carbons (Fsp3) is 0.600. The highest BCUT2D eigenvalue weighted by Gasteiger charge is 2.20. The van der Waals surface area contributed by atoms with Crippen LogP contribution in [0.5, 0.6) is 0 Å². The SMILES string of the molecule is CCC(C)(CO)Nc1cncc(NC)n1. The van der Waals surface area contributed by atoms with E-state index in [1.807, 2.05) is 13.8 Å². The molecule has 0 aliphatic carbocycles. The molecule has 1 atom stereocenters. The topological polar surface area (TPSA) is 70.1 Å². The molecule has 1 aromatic heterocycles. The molecule has 0 amide bonds. The van der Waals surface area contributed by atoms with Gasteiger partial charge < -0.3 is 15.7 Å². The average Bonchev–Trinajstić information content (AvgIpc) is 2.29. The first-order chi connectivity index (χ1) is 7.13. The second-order valence-electron chi connectivity index (χ2n) is 3.74. The summed E-state index contributed by atoms with van der Waals surface area (Å²) in [5.41, 5.74) is -0.346. The van der Waals surface area contributed by atoms with Gasteiger partial charge in [-0.3, -0.25) is 4.98 Å². The van der Waals surface area contributed by atoms with Gasteiger partial charge in [0.1, 0.15) is 11.6 Å². The van der Waals surface area contributed by atoms with Crippen LogP contribution in [0.3, 0.4) is 0 Å². The summed E-state index contributed by atoms with van der Waals surface area (Å²) in [6, 6.07) is 0. The lowest BCUT2D eigenvalue weighted by Gasteiger charge is -2.27. The molecule has 0 saturated heterocycles. The molecular weight excluding hydrogens is 192 g/mol. The lowest BCUT2D eigenvalue weighted by Crippen LogP contribution is -2.38. The van der Waals surface area contributed by atoms with Crippen molar-refractivity contribution in [2.45, 2.75) is 25.8 Å². The maximum absolute atomic E-state index is 9.25. The number of nitrogens with one attached hydrogen (secondary N) is 2. The van der Waals surface area contributed by atoms with Gasteiger partial charge in [0.25, 0.3) is 0 Å². The maximum atomic E-state index is 9.25. The minimum absolute atomic E-state index is 0.0644. The fourth-order valence-corrected chi connectivity index (χ4v) is 1.10. The van der Waals surface area contributed by atoms with Crippen molar-refractivity contribution in [2.75, 3.05) is 24.3 Å². The Hall–Kier alpha value is -1.36. The van der Waals surface area contributed by atoms with Crippen molar-refractivity contribution in [2.24, 2.45) is 0 Å². The van der Waals surface area contributed by atoms with Gasteiger partial charge in [-0.15, -0.1) is 0 Å². The number of rotatable bonds is 5. The van der Waals surface area contributed by atoms with E-state index in [-0.39, 0.29) is 12.1 Å². The Morgan fingerprint density at radius 2 is 2.07 bits per heavy atom. The van der Waals surface area contributed by atoms with E-state index >= 15 is 0 Å². The predicted molar refractivity (Wildman–Crippen MR) is 61.0 cm³/mol. The zero-order chi connectivity index (χ0) is 11.3. The Kier molecular flexibility index (Phi) is 3.85. The van der Waals surface area contributed by atoms with Gasteiger partial charge in [-0.2, -0.15) is 0 Å². The molecule has 1 rings (SSSR count). The highest BCUT2D eigenvalue weighted by molar-refractivity contribution is 5.42. The third kappa shape index (κ3) is 3.06. The molecule has 0 radical (unpaired) electrons. The number of aliphatic hydroxyl groups is 1. The number of hydrogen-bond acceptors (Lipinski definition) is 5. The van der Waals surface area contributed by atoms with Crippen molar-refractivity contribution in [3.8, 4) is 0 Å². The van der Waals surface area contributed by atoms with E-state index in [1.54, 1.807) is 19.4 Å². The molecule has 1 heterocycles. The molecule has 1 unspecified atom stereocenters. The van der Waals surface area contributed by atoms with E-state index < -0.39 is 0 Å². The lowest BCUT2D eigenvalue weighted by molar-refractivity contribution is 0.218. The maximum Gasteiger partial charge on any atom is 0.147 e. The number of nitrogens with zero attached hydrogens (tertiary/aromatic N) is 2. The molecule has 0 saturated carbocycles. The standard InChI is InChI=1S/C10H18N4O/c1-4-10(2,7-15)14-9-6-12-5-8(11-3)13-9/h5-6,15H,4,7H2,1-3H3,(H2,11,13,14). The summed E-state index contributed by atoms with van der Waals surface area (Å²) in [4.78, 5) is 8.32. The molecule has 0 bridgehead atoms. The van der Waals surface area contributed by atoms with E-state index in [0.29, 0.717) is 11.6 Å². The van der Waals surface area contributed by atoms with Crippen LogP contribution in [0.1, 0.15) is 20.3 Å². The van der Waals surface area contributed by atoms with Crippen molar-refractivity contribution >= 4 is 11.6 Å². The zero-order valence-electron chi connectivity index (χ0n) is 9.41. The van der Waals surface area contributed by atoms with Crippen LogP contribution in [0.25, 0.3) is 0 Å². The van der Waals surface area contributed by atoms with Gasteiger partial charge in [0.15, 0.2) is 0 Å². The van der Waals surface area contributed by atoms with Crippen LogP contribution in [0.4, 0.5) is 11.6 Å². The molecule has 5 heteroatoms. The van der Waals surface area contributed by atoms with Crippen molar-refractivity contribution in [1.29, 1.82) is 0 Å². The van der Waals surface area contributed by atoms with Crippen molar-refractivity contribution < 1.29 is 5.11 Å². The number of aliphatic hydroxyl groups excluding tert-OH is 1. The minimum Gasteiger partial charge on any atom is -0.394 e. The largest absolute Gasteiger partial charge is 0.394 e. The van der Waals surface area contributed by atoms with Crippen LogP contribution in [-0.4, -0.2) is 34.3 Å². The monoisotopic (exact) mass is 210 g/mol. The van der Waals surface area contributed by atoms with Crippen molar-refractivity contribution in [3.63, 3.8) is 0 Å². The summed E-state index contributed by atoms with van der Waals surface area (Å²) in [6.07, 6.45) is 4.10. The quantitative estimate of drug-likeness (QED) is 0.678. The van der Waals surface area contributed by atoms with Gasteiger partial charge in [0, 0.05) is 7.05 Å². The van der Waals surface area contributed by atoms with Crippen LogP contribution in [0.2, 0.25) is 0 Å². The molecule has 0 fully saturated rings. The third-order valence-corrected chi connectivity index (χ3v) is 2.45. The highest BCUT2D eigenvalue weighted by Crippen LogP contribution is 2.16. The summed E-state index contributed by atoms with van der Waals surface area (Å²) >= 11 is 0. The Balaban J connectivity index is 2.79. The first-order valence-electron chi connectivity index (χ1n) is 5.02. The molecule has 0 aliphatic rings. The molecule has 0 spiro atoms. The molecule has 1 aromatic rings. The molecule has 15 heavy (non-hydrogen) atoms. The zero-order valence-corrected chi connectivity index (χ0v) is 9.41. The van der Waals surface area contributed by atoms with Crippen LogP contribution in [0.15, 0.2) is 12.4 Å². The second kappa shape index (κ2) is 4.93. The van der Waals surface area contributed by atoms with E-state index in [4.69, 9.17) is 0 Å². The number of hydrogen-bond donors (Lipinski definition) is 3. The van der Waals surface area contributed by atoms with Gasteiger partial charge in [0.2, 0.25) is 0 Å². The Labute approximate surface area is 90.0 Å². The van der Waals surface area contributed by atoms with Crippen LogP contribution >= 0.6 is 0 Å². The summed E-state index contributed by atoms with van der Waals surface area (Å²) in [5.74, 6) is 1.37. The van der Waals surface area contributed by atoms with Gasteiger partial charge in [-0.1, -0.05) is 6.92 Å². The molecule has 84 valence electrons. The number of anilines is 2. The fourth-order valence-electron chi connectivity index (χ4n) is 1.10. The second-order valence-corrected chi connectivity index (χ2v) is 3.74. The number of aromatic nitrogens is 2. The summed E-state index contributed by atoms with van der Waals surface area (Å²) in [7, 11) is 1.79. The van der Waals surface area contributed by atoms with Crippen molar-refractivity contribution in [3.05, 3.63) is 12.4 Å². The minimum atomic E-state index is -0.346. The average molecular weight is 210 g/mol. The normalized spacial score (nSPS) is 14.4. The van der Waals surface area contributed by atoms with Crippen LogP contribution in [0, 0.1) is 0 Å². The van der Waals surface area contributed by atoms with E-state index in [0.717, 1.165) is 6.42 Å². The molecule has 3 N–H and O–H groups in total. The predicted octanol–water partition coefficient (Wildman–Crippen LogP) is 1.09. The Morgan fingerprint density at radius 1 is 1.40 bits per heavy atom. The molecular formula is C10H18N4O. The van der Waals surface area contributed by atoms with E-state index in [2.05, 4.69) is 20.6 Å². The highest BCUT2D eigenvalue weighted by atomic mass is 16.3. The van der Waals surface area contributed by atoms with Crippen LogP contribution in [-0.2, 0) is 0 Å². The van der Waals surface area contributed by atoms with Gasteiger partial charge in [0.05, 0.1) is 24.5 Å². The summed E-state index contributed by atoms with van der Waals surface area (Å²) in [6.45, 7) is 4.02. The molecule has 5 nitrogen and oxygen atoms in total. The van der Waals surface area contributed by atoms with Crippen LogP contribution < -0.4 is 10.6 Å². The first-order valence-corrected chi connectivity index (χ1v) is 5.02. The smallest absolute Gasteiger partial charge is 0.147 e. The Morgan fingerprint density at radius 3 is 2.60 bits per heavy atom. The summed E-state index contributed by atoms with van der Waals surface area (Å²) in [5, 5.41) is 15.3. The molecule has 0 aromatic carbocycles.